The number of hydrogen-bond acceptors (Lipinski definition) is 5. The number of para-hydroxylation sites is 1. The molecule has 35 heavy (non-hydrogen) atoms. The summed E-state index contributed by atoms with van der Waals surface area (Å²) in [5.74, 6) is 0. The van der Waals surface area contributed by atoms with Gasteiger partial charge in [-0.3, -0.25) is 0 Å². The third kappa shape index (κ3) is 3.31. The Morgan fingerprint density at radius 3 is 2.17 bits per heavy atom. The summed E-state index contributed by atoms with van der Waals surface area (Å²) >= 11 is 5.29. The van der Waals surface area contributed by atoms with Gasteiger partial charge in [0.25, 0.3) is 10.0 Å². The van der Waals surface area contributed by atoms with Crippen LogP contribution in [0.4, 0.5) is 0 Å². The molecule has 0 aliphatic rings. The Labute approximate surface area is 214 Å². The molecule has 4 heterocycles. The first-order chi connectivity index (χ1) is 17.1. The van der Waals surface area contributed by atoms with Crippen molar-refractivity contribution >= 4 is 75.9 Å². The van der Waals surface area contributed by atoms with Crippen LogP contribution in [0.1, 0.15) is 0 Å². The van der Waals surface area contributed by atoms with Gasteiger partial charge in [-0.1, -0.05) is 42.5 Å². The number of thiophene rings is 3. The van der Waals surface area contributed by atoms with Crippen LogP contribution in [0.25, 0.3) is 51.4 Å². The van der Waals surface area contributed by atoms with Crippen molar-refractivity contribution in [3.8, 4) is 19.5 Å². The van der Waals surface area contributed by atoms with Gasteiger partial charge in [0.2, 0.25) is 0 Å². The van der Waals surface area contributed by atoms with E-state index < -0.39 is 10.0 Å². The second kappa shape index (κ2) is 7.90. The molecule has 0 unspecified atom stereocenters. The third-order valence-electron chi connectivity index (χ3n) is 6.16. The number of rotatable bonds is 4. The summed E-state index contributed by atoms with van der Waals surface area (Å²) in [7, 11) is -3.76. The van der Waals surface area contributed by atoms with Crippen molar-refractivity contribution in [2.75, 3.05) is 0 Å². The van der Waals surface area contributed by atoms with Gasteiger partial charge in [0.15, 0.2) is 0 Å². The summed E-state index contributed by atoms with van der Waals surface area (Å²) in [5.41, 5.74) is 1.40. The molecule has 7 aromatic rings. The van der Waals surface area contributed by atoms with Crippen molar-refractivity contribution < 1.29 is 8.42 Å². The van der Waals surface area contributed by atoms with E-state index in [2.05, 4.69) is 41.8 Å². The average Bonchev–Trinajstić information content (AvgIpc) is 3.67. The fourth-order valence-electron chi connectivity index (χ4n) is 4.57. The van der Waals surface area contributed by atoms with Gasteiger partial charge < -0.3 is 0 Å². The molecule has 0 N–H and O–H groups in total. The van der Waals surface area contributed by atoms with E-state index in [1.165, 1.54) is 23.5 Å². The number of hydrogen-bond donors (Lipinski definition) is 0. The maximum atomic E-state index is 13.8. The molecule has 3 aromatic carbocycles. The van der Waals surface area contributed by atoms with Crippen molar-refractivity contribution in [3.63, 3.8) is 0 Å². The highest BCUT2D eigenvalue weighted by atomic mass is 32.2. The zero-order valence-electron chi connectivity index (χ0n) is 18.2. The Balaban J connectivity index is 1.45. The van der Waals surface area contributed by atoms with Gasteiger partial charge in [0.1, 0.15) is 0 Å². The monoisotopic (exact) mass is 527 g/mol. The van der Waals surface area contributed by atoms with E-state index in [1.807, 2.05) is 36.4 Å². The molecule has 0 fully saturated rings. The lowest BCUT2D eigenvalue weighted by atomic mass is 10.1. The highest BCUT2D eigenvalue weighted by Gasteiger charge is 2.24. The maximum Gasteiger partial charge on any atom is 0.268 e. The molecule has 0 amide bonds. The van der Waals surface area contributed by atoms with Gasteiger partial charge in [-0.05, 0) is 65.4 Å². The Hall–Kier alpha value is -3.23. The highest BCUT2D eigenvalue weighted by molar-refractivity contribution is 7.90. The SMILES string of the molecule is O=S(=O)(c1ccccc1)n1c2ccccc2c2cc3sc(-c4ccc(-c5cccs5)s4)cc3cc21. The lowest BCUT2D eigenvalue weighted by Crippen LogP contribution is -2.12. The molecular weight excluding hydrogens is 511 g/mol. The van der Waals surface area contributed by atoms with Gasteiger partial charge in [0, 0.05) is 35.0 Å². The Bertz CT molecular complexity index is 1960. The molecule has 7 rings (SSSR count). The predicted molar refractivity (Wildman–Crippen MR) is 150 cm³/mol. The Kier molecular flexibility index (Phi) is 4.76. The van der Waals surface area contributed by atoms with Crippen LogP contribution in [0.5, 0.6) is 0 Å². The first-order valence-electron chi connectivity index (χ1n) is 11.0. The van der Waals surface area contributed by atoms with Crippen LogP contribution in [0.3, 0.4) is 0 Å². The summed E-state index contributed by atoms with van der Waals surface area (Å²) in [4.78, 5) is 5.25. The molecule has 3 nitrogen and oxygen atoms in total. The molecule has 7 heteroatoms. The molecule has 0 saturated heterocycles. The summed E-state index contributed by atoms with van der Waals surface area (Å²) < 4.78 is 30.2. The van der Waals surface area contributed by atoms with Crippen LogP contribution in [0.2, 0.25) is 0 Å². The zero-order valence-corrected chi connectivity index (χ0v) is 21.5. The van der Waals surface area contributed by atoms with Crippen molar-refractivity contribution in [3.05, 3.63) is 102 Å². The van der Waals surface area contributed by atoms with Crippen LogP contribution in [-0.2, 0) is 10.0 Å². The molecule has 0 atom stereocenters. The van der Waals surface area contributed by atoms with Crippen molar-refractivity contribution in [2.24, 2.45) is 0 Å². The average molecular weight is 528 g/mol. The summed E-state index contributed by atoms with van der Waals surface area (Å²) in [6.07, 6.45) is 0. The standard InChI is InChI=1S/C28H17NO2S4/c30-35(31,19-7-2-1-3-8-19)29-22-10-5-4-9-20(22)21-17-27-18(15-23(21)29)16-28(34-27)26-13-12-25(33-26)24-11-6-14-32-24/h1-17H. The highest BCUT2D eigenvalue weighted by Crippen LogP contribution is 2.43. The molecule has 0 bridgehead atoms. The van der Waals surface area contributed by atoms with Crippen molar-refractivity contribution in [1.82, 2.24) is 3.97 Å². The molecule has 0 saturated carbocycles. The maximum absolute atomic E-state index is 13.8. The van der Waals surface area contributed by atoms with E-state index in [9.17, 15) is 8.42 Å². The lowest BCUT2D eigenvalue weighted by molar-refractivity contribution is 0.590. The number of fused-ring (bicyclic) bond motifs is 4. The normalized spacial score (nSPS) is 12.2. The second-order valence-corrected chi connectivity index (χ2v) is 13.2. The van der Waals surface area contributed by atoms with E-state index in [1.54, 1.807) is 58.3 Å². The summed E-state index contributed by atoms with van der Waals surface area (Å²) in [6, 6.07) is 31.3. The fourth-order valence-corrected chi connectivity index (χ4v) is 9.11. The smallest absolute Gasteiger partial charge is 0.233 e. The summed E-state index contributed by atoms with van der Waals surface area (Å²) in [5, 5.41) is 5.04. The molecule has 170 valence electrons. The topological polar surface area (TPSA) is 39.1 Å². The van der Waals surface area contributed by atoms with Crippen LogP contribution in [0, 0.1) is 0 Å². The largest absolute Gasteiger partial charge is 0.268 e. The van der Waals surface area contributed by atoms with Gasteiger partial charge in [-0.15, -0.1) is 34.0 Å². The van der Waals surface area contributed by atoms with Gasteiger partial charge in [-0.2, -0.15) is 0 Å². The first-order valence-corrected chi connectivity index (χ1v) is 15.0. The fraction of sp³-hybridized carbons (Fsp3) is 0. The number of benzene rings is 3. The molecular formula is C28H17NO2S4. The third-order valence-corrected chi connectivity index (χ3v) is 11.3. The van der Waals surface area contributed by atoms with Crippen LogP contribution >= 0.6 is 34.0 Å². The quantitative estimate of drug-likeness (QED) is 0.230. The van der Waals surface area contributed by atoms with E-state index in [0.717, 1.165) is 20.9 Å². The molecule has 0 aliphatic carbocycles. The first kappa shape index (κ1) is 21.1. The molecule has 0 spiro atoms. The van der Waals surface area contributed by atoms with Crippen LogP contribution in [0.15, 0.2) is 107 Å². The minimum Gasteiger partial charge on any atom is -0.233 e. The number of nitrogens with zero attached hydrogens (tertiary/aromatic N) is 1. The predicted octanol–water partition coefficient (Wildman–Crippen LogP) is 8.70. The lowest BCUT2D eigenvalue weighted by Gasteiger charge is -2.09. The van der Waals surface area contributed by atoms with Gasteiger partial charge in [0.05, 0.1) is 15.9 Å². The van der Waals surface area contributed by atoms with Gasteiger partial charge in [-0.25, -0.2) is 12.4 Å². The minimum absolute atomic E-state index is 0.286. The summed E-state index contributed by atoms with van der Waals surface area (Å²) in [6.45, 7) is 0. The van der Waals surface area contributed by atoms with Crippen LogP contribution < -0.4 is 0 Å². The van der Waals surface area contributed by atoms with Crippen LogP contribution in [-0.4, -0.2) is 12.4 Å². The van der Waals surface area contributed by atoms with E-state index in [4.69, 9.17) is 0 Å². The van der Waals surface area contributed by atoms with E-state index >= 15 is 0 Å². The molecule has 0 aliphatic heterocycles. The molecule has 0 radical (unpaired) electrons. The molecule has 4 aromatic heterocycles. The van der Waals surface area contributed by atoms with E-state index in [0.29, 0.717) is 11.0 Å². The Morgan fingerprint density at radius 2 is 1.37 bits per heavy atom. The second-order valence-electron chi connectivity index (χ2n) is 8.26. The van der Waals surface area contributed by atoms with E-state index in [-0.39, 0.29) is 4.90 Å². The number of aromatic nitrogens is 1. The van der Waals surface area contributed by atoms with Gasteiger partial charge >= 0.3 is 0 Å². The Morgan fingerprint density at radius 1 is 0.600 bits per heavy atom. The van der Waals surface area contributed by atoms with Crippen molar-refractivity contribution in [1.29, 1.82) is 0 Å². The van der Waals surface area contributed by atoms with Crippen molar-refractivity contribution in [2.45, 2.75) is 4.90 Å². The zero-order chi connectivity index (χ0) is 23.6. The minimum atomic E-state index is -3.76.